The van der Waals surface area contributed by atoms with Gasteiger partial charge in [-0.1, -0.05) is 0 Å². The minimum absolute atomic E-state index is 0.166. The molecule has 5 nitrogen and oxygen atoms in total. The average molecular weight is 268 g/mol. The van der Waals surface area contributed by atoms with Crippen molar-refractivity contribution < 1.29 is 32.2 Å². The van der Waals surface area contributed by atoms with E-state index in [-0.39, 0.29) is 5.82 Å². The first-order valence-electron chi connectivity index (χ1n) is 4.51. The van der Waals surface area contributed by atoms with Crippen LogP contribution in [0.15, 0.2) is 12.3 Å². The highest BCUT2D eigenvalue weighted by molar-refractivity contribution is 5.91. The van der Waals surface area contributed by atoms with Gasteiger partial charge >= 0.3 is 18.3 Å². The number of aromatic carboxylic acids is 1. The van der Waals surface area contributed by atoms with Crippen LogP contribution in [0.25, 0.3) is 0 Å². The Bertz CT molecular complexity index is 453. The summed E-state index contributed by atoms with van der Waals surface area (Å²) in [6, 6.07) is 0.873. The highest BCUT2D eigenvalue weighted by atomic mass is 19.3. The second kappa shape index (κ2) is 5.07. The molecule has 1 rings (SSSR count). The molecule has 0 aromatic carbocycles. The van der Waals surface area contributed by atoms with Crippen molar-refractivity contribution in [2.75, 3.05) is 12.3 Å². The third-order valence-electron chi connectivity index (χ3n) is 1.86. The molecule has 0 aliphatic carbocycles. The van der Waals surface area contributed by atoms with Crippen LogP contribution in [0, 0.1) is 0 Å². The van der Waals surface area contributed by atoms with Crippen LogP contribution in [0.1, 0.15) is 10.4 Å². The molecule has 0 bridgehead atoms. The fourth-order valence-corrected chi connectivity index (χ4v) is 0.978. The van der Waals surface area contributed by atoms with Crippen molar-refractivity contribution in [3.05, 3.63) is 17.8 Å². The lowest BCUT2D eigenvalue weighted by Gasteiger charge is -2.16. The summed E-state index contributed by atoms with van der Waals surface area (Å²) in [5, 5.41) is 8.73. The number of nitrogens with two attached hydrogens (primary N) is 1. The number of alkyl halides is 4. The maximum atomic E-state index is 12.6. The third kappa shape index (κ3) is 3.22. The van der Waals surface area contributed by atoms with Gasteiger partial charge in [0.2, 0.25) is 0 Å². The van der Waals surface area contributed by atoms with Gasteiger partial charge < -0.3 is 15.6 Å². The average Bonchev–Trinajstić information content (AvgIpc) is 2.27. The van der Waals surface area contributed by atoms with Crippen LogP contribution in [-0.2, 0) is 0 Å². The zero-order valence-corrected chi connectivity index (χ0v) is 8.74. The summed E-state index contributed by atoms with van der Waals surface area (Å²) in [5.41, 5.74) is 4.66. The number of hydrogen-bond acceptors (Lipinski definition) is 4. The molecule has 0 saturated heterocycles. The molecule has 0 saturated carbocycles. The van der Waals surface area contributed by atoms with Gasteiger partial charge in [-0.15, -0.1) is 0 Å². The van der Waals surface area contributed by atoms with Crippen molar-refractivity contribution in [3.63, 3.8) is 0 Å². The van der Waals surface area contributed by atoms with Crippen LogP contribution in [-0.4, -0.2) is 35.0 Å². The molecule has 18 heavy (non-hydrogen) atoms. The van der Waals surface area contributed by atoms with Gasteiger partial charge in [-0.25, -0.2) is 18.6 Å². The highest BCUT2D eigenvalue weighted by Gasteiger charge is 2.42. The summed E-state index contributed by atoms with van der Waals surface area (Å²) < 4.78 is 53.2. The van der Waals surface area contributed by atoms with Crippen LogP contribution in [0.5, 0.6) is 5.75 Å². The van der Waals surface area contributed by atoms with E-state index in [4.69, 9.17) is 10.8 Å². The molecule has 0 unspecified atom stereocenters. The molecule has 0 amide bonds. The first-order valence-corrected chi connectivity index (χ1v) is 4.51. The number of nitrogens with zero attached hydrogens (tertiary/aromatic N) is 1. The lowest BCUT2D eigenvalue weighted by Crippen LogP contribution is -2.34. The molecular weight excluding hydrogens is 260 g/mol. The highest BCUT2D eigenvalue weighted by Crippen LogP contribution is 2.26. The number of rotatable bonds is 5. The number of aromatic nitrogens is 1. The van der Waals surface area contributed by atoms with Gasteiger partial charge in [-0.2, -0.15) is 8.78 Å². The number of carbonyl (C=O) groups is 1. The fourth-order valence-electron chi connectivity index (χ4n) is 0.978. The van der Waals surface area contributed by atoms with Crippen LogP contribution in [0.2, 0.25) is 0 Å². The number of carboxylic acid groups (broad SMARTS) is 1. The van der Waals surface area contributed by atoms with Gasteiger partial charge in [0.25, 0.3) is 0 Å². The van der Waals surface area contributed by atoms with Crippen molar-refractivity contribution in [2.45, 2.75) is 12.3 Å². The van der Waals surface area contributed by atoms with Crippen molar-refractivity contribution in [3.8, 4) is 5.75 Å². The first kappa shape index (κ1) is 14.0. The van der Waals surface area contributed by atoms with Crippen molar-refractivity contribution >= 4 is 11.8 Å². The molecule has 0 atom stereocenters. The van der Waals surface area contributed by atoms with Crippen LogP contribution in [0.4, 0.5) is 23.4 Å². The van der Waals surface area contributed by atoms with E-state index >= 15 is 0 Å². The summed E-state index contributed by atoms with van der Waals surface area (Å²) in [4.78, 5) is 14.2. The minimum atomic E-state index is -4.38. The Morgan fingerprint density at radius 2 is 2.17 bits per heavy atom. The molecule has 0 fully saturated rings. The topological polar surface area (TPSA) is 85.4 Å². The largest absolute Gasteiger partial charge is 0.485 e. The number of hydrogen-bond donors (Lipinski definition) is 2. The molecule has 0 radical (unpaired) electrons. The minimum Gasteiger partial charge on any atom is -0.485 e. The van der Waals surface area contributed by atoms with Crippen molar-refractivity contribution in [1.29, 1.82) is 0 Å². The van der Waals surface area contributed by atoms with Crippen LogP contribution < -0.4 is 10.5 Å². The number of nitrogen functional groups attached to an aromatic ring is 1. The molecule has 0 aliphatic heterocycles. The summed E-state index contributed by atoms with van der Waals surface area (Å²) in [6.07, 6.45) is -3.13. The molecular formula is C9H8F4N2O3. The van der Waals surface area contributed by atoms with Crippen LogP contribution in [0.3, 0.4) is 0 Å². The standard InChI is InChI=1S/C9H8F4N2O3/c10-8(11)9(12,13)3-18-5-2-15-6(14)1-4(5)7(16)17/h1-2,8H,3H2,(H2,14,15)(H,16,17). The number of halogens is 4. The second-order valence-electron chi connectivity index (χ2n) is 3.26. The number of ether oxygens (including phenoxy) is 1. The van der Waals surface area contributed by atoms with Gasteiger partial charge in [-0.05, 0) is 6.07 Å². The fraction of sp³-hybridized carbons (Fsp3) is 0.333. The molecule has 100 valence electrons. The molecule has 1 aromatic rings. The van der Waals surface area contributed by atoms with E-state index in [2.05, 4.69) is 9.72 Å². The quantitative estimate of drug-likeness (QED) is 0.793. The number of pyridine rings is 1. The molecule has 9 heteroatoms. The first-order chi connectivity index (χ1) is 8.24. The summed E-state index contributed by atoms with van der Waals surface area (Å²) >= 11 is 0. The van der Waals surface area contributed by atoms with Crippen LogP contribution >= 0.6 is 0 Å². The Hall–Kier alpha value is -2.06. The van der Waals surface area contributed by atoms with Gasteiger partial charge in [0, 0.05) is 0 Å². The van der Waals surface area contributed by atoms with Gasteiger partial charge in [0.05, 0.1) is 6.20 Å². The number of anilines is 1. The Morgan fingerprint density at radius 3 is 2.67 bits per heavy atom. The third-order valence-corrected chi connectivity index (χ3v) is 1.86. The zero-order valence-electron chi connectivity index (χ0n) is 8.74. The Balaban J connectivity index is 2.89. The van der Waals surface area contributed by atoms with E-state index in [0.717, 1.165) is 12.3 Å². The lowest BCUT2D eigenvalue weighted by atomic mass is 10.2. The molecule has 1 heterocycles. The van der Waals surface area contributed by atoms with E-state index in [0.29, 0.717) is 0 Å². The van der Waals surface area contributed by atoms with E-state index < -0.39 is 36.2 Å². The maximum absolute atomic E-state index is 12.6. The Labute approximate surface area is 98.2 Å². The van der Waals surface area contributed by atoms with Gasteiger partial charge in [0.1, 0.15) is 11.4 Å². The summed E-state index contributed by atoms with van der Waals surface area (Å²) in [6.45, 7) is -1.66. The smallest absolute Gasteiger partial charge is 0.340 e. The summed E-state index contributed by atoms with van der Waals surface area (Å²) in [5.74, 6) is -6.60. The SMILES string of the molecule is Nc1cc(C(=O)O)c(OCC(F)(F)C(F)F)cn1. The van der Waals surface area contributed by atoms with Crippen molar-refractivity contribution in [1.82, 2.24) is 4.98 Å². The Kier molecular flexibility index (Phi) is 3.94. The van der Waals surface area contributed by atoms with E-state index in [1.807, 2.05) is 0 Å². The number of carboxylic acids is 1. The zero-order chi connectivity index (χ0) is 13.9. The second-order valence-corrected chi connectivity index (χ2v) is 3.26. The van der Waals surface area contributed by atoms with Crippen molar-refractivity contribution in [2.24, 2.45) is 0 Å². The van der Waals surface area contributed by atoms with Gasteiger partial charge in [-0.3, -0.25) is 0 Å². The molecule has 1 aromatic heterocycles. The Morgan fingerprint density at radius 1 is 1.56 bits per heavy atom. The summed E-state index contributed by atoms with van der Waals surface area (Å²) in [7, 11) is 0. The van der Waals surface area contributed by atoms with E-state index in [1.165, 1.54) is 0 Å². The predicted molar refractivity (Wildman–Crippen MR) is 52.1 cm³/mol. The molecule has 3 N–H and O–H groups in total. The molecule has 0 spiro atoms. The maximum Gasteiger partial charge on any atom is 0.340 e. The molecule has 0 aliphatic rings. The lowest BCUT2D eigenvalue weighted by molar-refractivity contribution is -0.148. The predicted octanol–water partition coefficient (Wildman–Crippen LogP) is 1.64. The van der Waals surface area contributed by atoms with Gasteiger partial charge in [0.15, 0.2) is 12.4 Å². The normalized spacial score (nSPS) is 11.6. The monoisotopic (exact) mass is 268 g/mol. The van der Waals surface area contributed by atoms with E-state index in [9.17, 15) is 22.4 Å². The van der Waals surface area contributed by atoms with E-state index in [1.54, 1.807) is 0 Å².